The first-order valence-corrected chi connectivity index (χ1v) is 3.71. The van der Waals surface area contributed by atoms with Crippen LogP contribution in [0.1, 0.15) is 0 Å². The third-order valence-corrected chi connectivity index (χ3v) is 1.40. The highest BCUT2D eigenvalue weighted by Crippen LogP contribution is 2.06. The number of carboxylic acid groups (broad SMARTS) is 1. The zero-order chi connectivity index (χ0) is 9.68. The summed E-state index contributed by atoms with van der Waals surface area (Å²) in [5, 5.41) is 8.44. The predicted octanol–water partition coefficient (Wildman–Crippen LogP) is -0.128. The molecule has 1 unspecified atom stereocenters. The van der Waals surface area contributed by atoms with Gasteiger partial charge in [0.2, 0.25) is 0 Å². The second-order valence-corrected chi connectivity index (χ2v) is 2.44. The first-order chi connectivity index (χ1) is 6.20. The first-order valence-electron chi connectivity index (χ1n) is 3.71. The molecule has 0 radical (unpaired) electrons. The molecule has 13 heavy (non-hydrogen) atoms. The van der Waals surface area contributed by atoms with E-state index >= 15 is 0 Å². The van der Waals surface area contributed by atoms with Crippen LogP contribution in [0.5, 0.6) is 5.75 Å². The summed E-state index contributed by atoms with van der Waals surface area (Å²) in [5.41, 5.74) is 5.22. The van der Waals surface area contributed by atoms with E-state index in [0.717, 1.165) is 0 Å². The van der Waals surface area contributed by atoms with Gasteiger partial charge in [0.25, 0.3) is 0 Å². The molecule has 0 amide bonds. The highest BCUT2D eigenvalue weighted by Gasteiger charge is 2.11. The summed E-state index contributed by atoms with van der Waals surface area (Å²) >= 11 is 0. The number of aromatic nitrogens is 1. The molecule has 0 bridgehead atoms. The fraction of sp³-hybridized carbons (Fsp3) is 0.250. The predicted molar refractivity (Wildman–Crippen MR) is 45.3 cm³/mol. The molecule has 0 fully saturated rings. The van der Waals surface area contributed by atoms with Crippen LogP contribution in [-0.4, -0.2) is 28.7 Å². The van der Waals surface area contributed by atoms with Crippen LogP contribution in [0.4, 0.5) is 0 Å². The molecule has 0 aliphatic rings. The lowest BCUT2D eigenvalue weighted by atomic mass is 10.3. The molecule has 1 rings (SSSR count). The molecule has 0 aliphatic carbocycles. The van der Waals surface area contributed by atoms with Crippen molar-refractivity contribution in [1.82, 2.24) is 4.98 Å². The van der Waals surface area contributed by atoms with Gasteiger partial charge in [-0.25, -0.2) is 0 Å². The van der Waals surface area contributed by atoms with Gasteiger partial charge in [-0.3, -0.25) is 9.78 Å². The Morgan fingerprint density at radius 3 is 2.77 bits per heavy atom. The van der Waals surface area contributed by atoms with Crippen molar-refractivity contribution in [2.75, 3.05) is 6.61 Å². The van der Waals surface area contributed by atoms with Crippen molar-refractivity contribution in [2.45, 2.75) is 6.04 Å². The second kappa shape index (κ2) is 4.42. The van der Waals surface area contributed by atoms with Gasteiger partial charge >= 0.3 is 5.97 Å². The first kappa shape index (κ1) is 9.47. The molecule has 1 atom stereocenters. The number of rotatable bonds is 4. The van der Waals surface area contributed by atoms with Gasteiger partial charge in [0, 0.05) is 12.4 Å². The Morgan fingerprint density at radius 1 is 1.62 bits per heavy atom. The molecular weight excluding hydrogens is 172 g/mol. The summed E-state index contributed by atoms with van der Waals surface area (Å²) in [6.07, 6.45) is 3.11. The molecule has 1 aromatic rings. The Morgan fingerprint density at radius 2 is 2.23 bits per heavy atom. The number of nitrogens with zero attached hydrogens (tertiary/aromatic N) is 1. The smallest absolute Gasteiger partial charge is 0.324 e. The van der Waals surface area contributed by atoms with Crippen LogP contribution in [0.3, 0.4) is 0 Å². The average molecular weight is 182 g/mol. The number of hydrogen-bond donors (Lipinski definition) is 2. The SMILES string of the molecule is NC(COc1ccncc1)C(=O)O. The molecule has 0 saturated carbocycles. The summed E-state index contributed by atoms with van der Waals surface area (Å²) in [6, 6.07) is 2.27. The minimum absolute atomic E-state index is 0.0423. The Balaban J connectivity index is 2.39. The minimum atomic E-state index is -1.07. The maximum atomic E-state index is 10.3. The second-order valence-electron chi connectivity index (χ2n) is 2.44. The molecule has 1 heterocycles. The standard InChI is InChI=1S/C8H10N2O3/c9-7(8(11)12)5-13-6-1-3-10-4-2-6/h1-4,7H,5,9H2,(H,11,12). The zero-order valence-electron chi connectivity index (χ0n) is 6.88. The van der Waals surface area contributed by atoms with E-state index < -0.39 is 12.0 Å². The van der Waals surface area contributed by atoms with E-state index in [1.807, 2.05) is 0 Å². The molecule has 0 saturated heterocycles. The van der Waals surface area contributed by atoms with Crippen molar-refractivity contribution in [3.05, 3.63) is 24.5 Å². The monoisotopic (exact) mass is 182 g/mol. The summed E-state index contributed by atoms with van der Waals surface area (Å²) in [4.78, 5) is 14.1. The van der Waals surface area contributed by atoms with Gasteiger partial charge in [-0.1, -0.05) is 0 Å². The molecule has 3 N–H and O–H groups in total. The number of nitrogens with two attached hydrogens (primary N) is 1. The Bertz CT molecular complexity index is 276. The third-order valence-electron chi connectivity index (χ3n) is 1.40. The normalized spacial score (nSPS) is 12.1. The fourth-order valence-corrected chi connectivity index (χ4v) is 0.692. The average Bonchev–Trinajstić information content (AvgIpc) is 2.15. The van der Waals surface area contributed by atoms with Crippen molar-refractivity contribution in [1.29, 1.82) is 0 Å². The topological polar surface area (TPSA) is 85.4 Å². The van der Waals surface area contributed by atoms with Crippen LogP contribution in [0.15, 0.2) is 24.5 Å². The van der Waals surface area contributed by atoms with Crippen LogP contribution in [0, 0.1) is 0 Å². The molecule has 0 spiro atoms. The van der Waals surface area contributed by atoms with Gasteiger partial charge in [-0.05, 0) is 12.1 Å². The van der Waals surface area contributed by atoms with E-state index in [9.17, 15) is 4.79 Å². The number of pyridine rings is 1. The van der Waals surface area contributed by atoms with E-state index in [-0.39, 0.29) is 6.61 Å². The summed E-state index contributed by atoms with van der Waals surface area (Å²) in [6.45, 7) is -0.0423. The quantitative estimate of drug-likeness (QED) is 0.677. The van der Waals surface area contributed by atoms with Gasteiger partial charge in [-0.2, -0.15) is 0 Å². The fourth-order valence-electron chi connectivity index (χ4n) is 0.692. The van der Waals surface area contributed by atoms with E-state index in [0.29, 0.717) is 5.75 Å². The van der Waals surface area contributed by atoms with E-state index in [1.165, 1.54) is 0 Å². The number of ether oxygens (including phenoxy) is 1. The van der Waals surface area contributed by atoms with Gasteiger partial charge in [0.1, 0.15) is 18.4 Å². The summed E-state index contributed by atoms with van der Waals surface area (Å²) in [7, 11) is 0. The number of aliphatic carboxylic acids is 1. The van der Waals surface area contributed by atoms with Crippen LogP contribution in [0.2, 0.25) is 0 Å². The molecule has 1 aromatic heterocycles. The zero-order valence-corrected chi connectivity index (χ0v) is 6.88. The van der Waals surface area contributed by atoms with Crippen LogP contribution in [0.25, 0.3) is 0 Å². The highest BCUT2D eigenvalue weighted by molar-refractivity contribution is 5.73. The number of carboxylic acids is 1. The number of hydrogen-bond acceptors (Lipinski definition) is 4. The number of carbonyl (C=O) groups is 1. The summed E-state index contributed by atoms with van der Waals surface area (Å²) < 4.78 is 5.08. The molecule has 0 aromatic carbocycles. The van der Waals surface area contributed by atoms with Crippen LogP contribution < -0.4 is 10.5 Å². The maximum absolute atomic E-state index is 10.3. The molecule has 70 valence electrons. The Labute approximate surface area is 75.2 Å². The van der Waals surface area contributed by atoms with Gasteiger partial charge < -0.3 is 15.6 Å². The Hall–Kier alpha value is -1.62. The lowest BCUT2D eigenvalue weighted by Crippen LogP contribution is -2.36. The lowest BCUT2D eigenvalue weighted by Gasteiger charge is -2.08. The lowest BCUT2D eigenvalue weighted by molar-refractivity contribution is -0.139. The van der Waals surface area contributed by atoms with E-state index in [2.05, 4.69) is 4.98 Å². The van der Waals surface area contributed by atoms with Crippen LogP contribution >= 0.6 is 0 Å². The van der Waals surface area contributed by atoms with Crippen molar-refractivity contribution in [3.63, 3.8) is 0 Å². The van der Waals surface area contributed by atoms with Crippen molar-refractivity contribution in [3.8, 4) is 5.75 Å². The van der Waals surface area contributed by atoms with Crippen molar-refractivity contribution < 1.29 is 14.6 Å². The van der Waals surface area contributed by atoms with Gasteiger partial charge in [-0.15, -0.1) is 0 Å². The molecular formula is C8H10N2O3. The molecule has 0 aliphatic heterocycles. The third kappa shape index (κ3) is 3.08. The molecule has 5 nitrogen and oxygen atoms in total. The maximum Gasteiger partial charge on any atom is 0.324 e. The van der Waals surface area contributed by atoms with Crippen molar-refractivity contribution >= 4 is 5.97 Å². The van der Waals surface area contributed by atoms with Crippen molar-refractivity contribution in [2.24, 2.45) is 5.73 Å². The summed E-state index contributed by atoms with van der Waals surface area (Å²) in [5.74, 6) is -0.513. The molecule has 5 heteroatoms. The van der Waals surface area contributed by atoms with E-state index in [1.54, 1.807) is 24.5 Å². The van der Waals surface area contributed by atoms with Crippen LogP contribution in [-0.2, 0) is 4.79 Å². The Kier molecular flexibility index (Phi) is 3.22. The van der Waals surface area contributed by atoms with Gasteiger partial charge in [0.15, 0.2) is 0 Å². The van der Waals surface area contributed by atoms with E-state index in [4.69, 9.17) is 15.6 Å². The minimum Gasteiger partial charge on any atom is -0.491 e. The largest absolute Gasteiger partial charge is 0.491 e. The van der Waals surface area contributed by atoms with Gasteiger partial charge in [0.05, 0.1) is 0 Å². The highest BCUT2D eigenvalue weighted by atomic mass is 16.5.